The van der Waals surface area contributed by atoms with Crippen molar-refractivity contribution in [1.82, 2.24) is 9.80 Å². The molecule has 0 aromatic rings. The Kier molecular flexibility index (Phi) is 6.70. The molecule has 0 spiro atoms. The third-order valence-corrected chi connectivity index (χ3v) is 2.14. The molecule has 5 heteroatoms. The highest BCUT2D eigenvalue weighted by atomic mass is 16.4. The molecule has 88 valence electrons. The number of nitrogens with zero attached hydrogens (tertiary/aromatic N) is 2. The molecular formula is C10H20N2O3. The van der Waals surface area contributed by atoms with Crippen molar-refractivity contribution in [1.29, 1.82) is 0 Å². The molecule has 0 atom stereocenters. The minimum atomic E-state index is -0.771. The first kappa shape index (κ1) is 13.9. The van der Waals surface area contributed by atoms with Crippen molar-refractivity contribution < 1.29 is 14.7 Å². The molecule has 15 heavy (non-hydrogen) atoms. The highest BCUT2D eigenvalue weighted by Crippen LogP contribution is 1.96. The molecule has 0 fully saturated rings. The molecule has 0 unspecified atom stereocenters. The van der Waals surface area contributed by atoms with Gasteiger partial charge < -0.3 is 14.9 Å². The van der Waals surface area contributed by atoms with Gasteiger partial charge in [-0.15, -0.1) is 0 Å². The van der Waals surface area contributed by atoms with Crippen LogP contribution in [0.4, 0.5) is 0 Å². The molecule has 1 amide bonds. The number of rotatable bonds is 7. The number of carbonyl (C=O) groups excluding carboxylic acids is 1. The van der Waals surface area contributed by atoms with E-state index in [0.29, 0.717) is 25.9 Å². The Hall–Kier alpha value is -1.10. The first-order valence-corrected chi connectivity index (χ1v) is 5.04. The normalized spacial score (nSPS) is 10.4. The fourth-order valence-electron chi connectivity index (χ4n) is 1.12. The van der Waals surface area contributed by atoms with Crippen molar-refractivity contribution in [3.8, 4) is 0 Å². The Morgan fingerprint density at radius 1 is 1.07 bits per heavy atom. The van der Waals surface area contributed by atoms with Gasteiger partial charge in [-0.2, -0.15) is 0 Å². The van der Waals surface area contributed by atoms with Crippen molar-refractivity contribution in [2.45, 2.75) is 19.3 Å². The van der Waals surface area contributed by atoms with Crippen molar-refractivity contribution in [3.63, 3.8) is 0 Å². The van der Waals surface area contributed by atoms with E-state index in [-0.39, 0.29) is 12.3 Å². The third kappa shape index (κ3) is 7.93. The van der Waals surface area contributed by atoms with E-state index in [1.54, 1.807) is 19.0 Å². The molecule has 0 rings (SSSR count). The summed E-state index contributed by atoms with van der Waals surface area (Å²) in [6, 6.07) is 0. The number of carboxylic acid groups (broad SMARTS) is 1. The minimum Gasteiger partial charge on any atom is -0.481 e. The molecule has 5 nitrogen and oxygen atoms in total. The van der Waals surface area contributed by atoms with Crippen LogP contribution >= 0.6 is 0 Å². The summed E-state index contributed by atoms with van der Waals surface area (Å²) in [4.78, 5) is 25.0. The SMILES string of the molecule is CN(CCCC(=O)O)CCC(=O)N(C)C. The summed E-state index contributed by atoms with van der Waals surface area (Å²) in [7, 11) is 5.35. The van der Waals surface area contributed by atoms with Gasteiger partial charge in [0.25, 0.3) is 0 Å². The van der Waals surface area contributed by atoms with Gasteiger partial charge in [0.15, 0.2) is 0 Å². The molecule has 0 radical (unpaired) electrons. The summed E-state index contributed by atoms with van der Waals surface area (Å²) in [5.41, 5.74) is 0. The van der Waals surface area contributed by atoms with Crippen molar-refractivity contribution in [2.75, 3.05) is 34.2 Å². The van der Waals surface area contributed by atoms with E-state index in [2.05, 4.69) is 0 Å². The maximum Gasteiger partial charge on any atom is 0.303 e. The number of aliphatic carboxylic acids is 1. The Morgan fingerprint density at radius 3 is 2.13 bits per heavy atom. The molecule has 0 saturated carbocycles. The summed E-state index contributed by atoms with van der Waals surface area (Å²) in [6.45, 7) is 1.39. The lowest BCUT2D eigenvalue weighted by Gasteiger charge is -2.17. The van der Waals surface area contributed by atoms with Crippen molar-refractivity contribution in [3.05, 3.63) is 0 Å². The van der Waals surface area contributed by atoms with E-state index in [0.717, 1.165) is 0 Å². The van der Waals surface area contributed by atoms with Gasteiger partial charge in [-0.3, -0.25) is 9.59 Å². The molecule has 0 heterocycles. The number of hydrogen-bond acceptors (Lipinski definition) is 3. The zero-order chi connectivity index (χ0) is 11.8. The van der Waals surface area contributed by atoms with Crippen LogP contribution in [0.25, 0.3) is 0 Å². The van der Waals surface area contributed by atoms with Crippen LogP contribution < -0.4 is 0 Å². The van der Waals surface area contributed by atoms with Gasteiger partial charge in [-0.1, -0.05) is 0 Å². The van der Waals surface area contributed by atoms with Crippen LogP contribution in [-0.2, 0) is 9.59 Å². The second kappa shape index (κ2) is 7.23. The number of carboxylic acids is 1. The average Bonchev–Trinajstić information content (AvgIpc) is 2.13. The largest absolute Gasteiger partial charge is 0.481 e. The van der Waals surface area contributed by atoms with E-state index in [1.165, 1.54) is 0 Å². The molecule has 1 N–H and O–H groups in total. The Bertz CT molecular complexity index is 217. The lowest BCUT2D eigenvalue weighted by atomic mass is 10.3. The second-order valence-electron chi connectivity index (χ2n) is 3.84. The van der Waals surface area contributed by atoms with Crippen molar-refractivity contribution in [2.24, 2.45) is 0 Å². The topological polar surface area (TPSA) is 60.9 Å². The standard InChI is InChI=1S/C10H20N2O3/c1-11(2)9(13)6-8-12(3)7-4-5-10(14)15/h4-8H2,1-3H3,(H,14,15). The van der Waals surface area contributed by atoms with Crippen LogP contribution in [0.3, 0.4) is 0 Å². The molecule has 0 saturated heterocycles. The number of hydrogen-bond donors (Lipinski definition) is 1. The van der Waals surface area contributed by atoms with Gasteiger partial charge in [-0.25, -0.2) is 0 Å². The summed E-state index contributed by atoms with van der Waals surface area (Å²) < 4.78 is 0. The summed E-state index contributed by atoms with van der Waals surface area (Å²) in [5, 5.41) is 8.44. The van der Waals surface area contributed by atoms with E-state index in [9.17, 15) is 9.59 Å². The predicted octanol–water partition coefficient (Wildman–Crippen LogP) is 0.261. The molecule has 0 aliphatic rings. The first-order chi connectivity index (χ1) is 6.93. The first-order valence-electron chi connectivity index (χ1n) is 5.04. The summed E-state index contributed by atoms with van der Waals surface area (Å²) in [6.07, 6.45) is 1.30. The van der Waals surface area contributed by atoms with E-state index in [1.807, 2.05) is 11.9 Å². The van der Waals surface area contributed by atoms with E-state index in [4.69, 9.17) is 5.11 Å². The Balaban J connectivity index is 3.53. The highest BCUT2D eigenvalue weighted by molar-refractivity contribution is 5.75. The molecule has 0 aromatic heterocycles. The smallest absolute Gasteiger partial charge is 0.303 e. The van der Waals surface area contributed by atoms with Gasteiger partial charge in [-0.05, 0) is 20.0 Å². The molecule has 0 aliphatic carbocycles. The number of amides is 1. The Morgan fingerprint density at radius 2 is 1.67 bits per heavy atom. The van der Waals surface area contributed by atoms with Crippen LogP contribution in [0.15, 0.2) is 0 Å². The van der Waals surface area contributed by atoms with Crippen LogP contribution in [0.5, 0.6) is 0 Å². The lowest BCUT2D eigenvalue weighted by molar-refractivity contribution is -0.137. The monoisotopic (exact) mass is 216 g/mol. The zero-order valence-electron chi connectivity index (χ0n) is 9.69. The van der Waals surface area contributed by atoms with Crippen LogP contribution in [0.2, 0.25) is 0 Å². The van der Waals surface area contributed by atoms with Gasteiger partial charge in [0.1, 0.15) is 0 Å². The molecule has 0 aliphatic heterocycles. The van der Waals surface area contributed by atoms with Crippen molar-refractivity contribution >= 4 is 11.9 Å². The molecular weight excluding hydrogens is 196 g/mol. The van der Waals surface area contributed by atoms with E-state index >= 15 is 0 Å². The highest BCUT2D eigenvalue weighted by Gasteiger charge is 2.06. The average molecular weight is 216 g/mol. The Labute approximate surface area is 90.7 Å². The zero-order valence-corrected chi connectivity index (χ0v) is 9.69. The summed E-state index contributed by atoms with van der Waals surface area (Å²) in [5.74, 6) is -0.673. The predicted molar refractivity (Wildman–Crippen MR) is 57.7 cm³/mol. The fourth-order valence-corrected chi connectivity index (χ4v) is 1.12. The van der Waals surface area contributed by atoms with Gasteiger partial charge in [0, 0.05) is 33.5 Å². The minimum absolute atomic E-state index is 0.0973. The van der Waals surface area contributed by atoms with Crippen LogP contribution in [0.1, 0.15) is 19.3 Å². The third-order valence-electron chi connectivity index (χ3n) is 2.14. The van der Waals surface area contributed by atoms with Gasteiger partial charge >= 0.3 is 5.97 Å². The van der Waals surface area contributed by atoms with Crippen LogP contribution in [0, 0.1) is 0 Å². The van der Waals surface area contributed by atoms with Gasteiger partial charge in [0.05, 0.1) is 0 Å². The molecule has 0 aromatic carbocycles. The lowest BCUT2D eigenvalue weighted by Crippen LogP contribution is -2.28. The maximum absolute atomic E-state index is 11.2. The second-order valence-corrected chi connectivity index (χ2v) is 3.84. The quantitative estimate of drug-likeness (QED) is 0.663. The maximum atomic E-state index is 11.2. The van der Waals surface area contributed by atoms with Crippen LogP contribution in [-0.4, -0.2) is 61.0 Å². The molecule has 0 bridgehead atoms. The summed E-state index contributed by atoms with van der Waals surface area (Å²) >= 11 is 0. The fraction of sp³-hybridized carbons (Fsp3) is 0.800. The van der Waals surface area contributed by atoms with Gasteiger partial charge in [0.2, 0.25) is 5.91 Å². The number of carbonyl (C=O) groups is 2. The van der Waals surface area contributed by atoms with E-state index < -0.39 is 5.97 Å².